The number of hydrogen-bond donors (Lipinski definition) is 2. The fraction of sp³-hybridized carbons (Fsp3) is 0.378. The van der Waals surface area contributed by atoms with Gasteiger partial charge in [0.25, 0.3) is 17.7 Å². The average Bonchev–Trinajstić information content (AvgIpc) is 3.38. The predicted molar refractivity (Wildman–Crippen MR) is 183 cm³/mol. The lowest BCUT2D eigenvalue weighted by molar-refractivity contribution is -0.124. The van der Waals surface area contributed by atoms with Crippen LogP contribution >= 0.6 is 11.6 Å². The van der Waals surface area contributed by atoms with E-state index < -0.39 is 17.6 Å². The van der Waals surface area contributed by atoms with Crippen LogP contribution in [0.1, 0.15) is 52.0 Å². The number of morpholine rings is 1. The van der Waals surface area contributed by atoms with Gasteiger partial charge in [0.1, 0.15) is 11.6 Å². The third-order valence-corrected chi connectivity index (χ3v) is 9.91. The lowest BCUT2D eigenvalue weighted by Gasteiger charge is -2.29. The summed E-state index contributed by atoms with van der Waals surface area (Å²) < 4.78 is 24.8. The van der Waals surface area contributed by atoms with Crippen LogP contribution in [0.5, 0.6) is 5.75 Å². The smallest absolute Gasteiger partial charge is 0.260 e. The number of hydrogen-bond acceptors (Lipinski definition) is 7. The number of amides is 3. The number of carbonyl (C=O) groups excluding carboxylic acids is 3. The molecular formula is C37H40ClFN4O5. The van der Waals surface area contributed by atoms with Gasteiger partial charge in [0.05, 0.1) is 36.6 Å². The summed E-state index contributed by atoms with van der Waals surface area (Å²) in [6.07, 6.45) is 6.27. The number of imide groups is 1. The molecule has 0 unspecified atom stereocenters. The number of halogens is 2. The number of carbonyl (C=O) groups is 3. The Labute approximate surface area is 285 Å². The van der Waals surface area contributed by atoms with Gasteiger partial charge in [0, 0.05) is 50.1 Å². The Morgan fingerprint density at radius 3 is 2.71 bits per heavy atom. The highest BCUT2D eigenvalue weighted by Gasteiger charge is 2.38. The van der Waals surface area contributed by atoms with Gasteiger partial charge in [-0.15, -0.1) is 0 Å². The number of allylic oxidation sites excluding steroid dienone is 1. The Morgan fingerprint density at radius 1 is 1.08 bits per heavy atom. The number of para-hydroxylation sites is 1. The largest absolute Gasteiger partial charge is 0.495 e. The molecule has 9 nitrogen and oxygen atoms in total. The van der Waals surface area contributed by atoms with Crippen molar-refractivity contribution in [3.8, 4) is 5.75 Å². The number of rotatable bonds is 8. The number of nitrogens with zero attached hydrogens (tertiary/aromatic N) is 2. The molecule has 3 aliphatic rings. The second-order valence-electron chi connectivity index (χ2n) is 12.7. The van der Waals surface area contributed by atoms with Crippen LogP contribution in [0.15, 0.2) is 72.3 Å². The van der Waals surface area contributed by atoms with E-state index >= 15 is 0 Å². The van der Waals surface area contributed by atoms with Gasteiger partial charge in [-0.25, -0.2) is 4.39 Å². The Hall–Kier alpha value is -4.25. The summed E-state index contributed by atoms with van der Waals surface area (Å²) in [6.45, 7) is 4.29. The SMILES string of the molecule is COc1cc(C(=O)N(CCN2CCOCC2)C(=O)C=C2CC[C@@]3(CCNc4ccccc4C3)C2)ccc1NC(=O)c1cc(F)ccc1Cl. The molecule has 48 heavy (non-hydrogen) atoms. The number of fused-ring (bicyclic) bond motifs is 1. The molecule has 2 fully saturated rings. The molecule has 3 aromatic rings. The highest BCUT2D eigenvalue weighted by molar-refractivity contribution is 6.34. The predicted octanol–water partition coefficient (Wildman–Crippen LogP) is 6.20. The molecule has 252 valence electrons. The van der Waals surface area contributed by atoms with E-state index in [-0.39, 0.29) is 45.5 Å². The molecule has 1 saturated heterocycles. The molecule has 11 heteroatoms. The van der Waals surface area contributed by atoms with E-state index in [0.717, 1.165) is 63.4 Å². The highest BCUT2D eigenvalue weighted by atomic mass is 35.5. The molecule has 6 rings (SSSR count). The highest BCUT2D eigenvalue weighted by Crippen LogP contribution is 2.48. The molecule has 0 bridgehead atoms. The summed E-state index contributed by atoms with van der Waals surface area (Å²) in [7, 11) is 1.41. The fourth-order valence-electron chi connectivity index (χ4n) is 6.95. The Morgan fingerprint density at radius 2 is 1.90 bits per heavy atom. The zero-order valence-corrected chi connectivity index (χ0v) is 27.8. The van der Waals surface area contributed by atoms with Crippen molar-refractivity contribution in [2.75, 3.05) is 63.7 Å². The summed E-state index contributed by atoms with van der Waals surface area (Å²) in [5.41, 5.74) is 4.09. The number of methoxy groups -OCH3 is 1. The standard InChI is InChI=1S/C37H40ClFN4O5/c1-47-33-21-26(6-9-32(33)41-35(45)29-22-28(39)7-8-30(29)38)36(46)43(15-14-42-16-18-48-19-17-42)34(44)20-25-10-11-37(23-25)12-13-40-31-5-3-2-4-27(31)24-37/h2-9,20-22,40H,10-19,23-24H2,1H3,(H,41,45)/t37-/m1/s1. The van der Waals surface area contributed by atoms with E-state index in [1.807, 2.05) is 6.07 Å². The van der Waals surface area contributed by atoms with E-state index in [1.54, 1.807) is 6.08 Å². The molecule has 3 amide bonds. The van der Waals surface area contributed by atoms with Crippen LogP contribution in [-0.2, 0) is 16.0 Å². The summed E-state index contributed by atoms with van der Waals surface area (Å²) in [4.78, 5) is 44.4. The Bertz CT molecular complexity index is 1730. The van der Waals surface area contributed by atoms with Crippen molar-refractivity contribution < 1.29 is 28.2 Å². The maximum Gasteiger partial charge on any atom is 0.260 e. The molecule has 2 N–H and O–H groups in total. The normalized spacial score (nSPS) is 20.1. The van der Waals surface area contributed by atoms with Crippen LogP contribution in [0.3, 0.4) is 0 Å². The van der Waals surface area contributed by atoms with Crippen molar-refractivity contribution in [1.82, 2.24) is 9.80 Å². The van der Waals surface area contributed by atoms with Crippen molar-refractivity contribution >= 4 is 40.7 Å². The van der Waals surface area contributed by atoms with Gasteiger partial charge in [-0.1, -0.05) is 35.4 Å². The van der Waals surface area contributed by atoms with Gasteiger partial charge in [-0.05, 0) is 85.5 Å². The van der Waals surface area contributed by atoms with Crippen LogP contribution in [0, 0.1) is 11.2 Å². The fourth-order valence-corrected chi connectivity index (χ4v) is 7.15. The lowest BCUT2D eigenvalue weighted by Crippen LogP contribution is -2.45. The first-order valence-corrected chi connectivity index (χ1v) is 16.7. The zero-order valence-electron chi connectivity index (χ0n) is 27.0. The van der Waals surface area contributed by atoms with E-state index in [2.05, 4.69) is 33.7 Å². The third kappa shape index (κ3) is 7.72. The van der Waals surface area contributed by atoms with Crippen molar-refractivity contribution in [3.05, 3.63) is 99.8 Å². The summed E-state index contributed by atoms with van der Waals surface area (Å²) in [6, 6.07) is 16.5. The molecular weight excluding hydrogens is 635 g/mol. The molecule has 1 atom stereocenters. The van der Waals surface area contributed by atoms with E-state index in [4.69, 9.17) is 21.1 Å². The Kier molecular flexibility index (Phi) is 10.4. The van der Waals surface area contributed by atoms with E-state index in [0.29, 0.717) is 19.8 Å². The lowest BCUT2D eigenvalue weighted by atomic mass is 9.77. The maximum absolute atomic E-state index is 14.0. The number of nitrogens with one attached hydrogen (secondary N) is 2. The van der Waals surface area contributed by atoms with Crippen molar-refractivity contribution in [1.29, 1.82) is 0 Å². The summed E-state index contributed by atoms with van der Waals surface area (Å²) in [5, 5.41) is 6.33. The molecule has 1 aliphatic carbocycles. The maximum atomic E-state index is 14.0. The molecule has 1 spiro atoms. The minimum absolute atomic E-state index is 0.0372. The van der Waals surface area contributed by atoms with Crippen LogP contribution < -0.4 is 15.4 Å². The van der Waals surface area contributed by atoms with Gasteiger partial charge in [0.15, 0.2) is 0 Å². The van der Waals surface area contributed by atoms with Crippen LogP contribution in [0.25, 0.3) is 0 Å². The average molecular weight is 675 g/mol. The quantitative estimate of drug-likeness (QED) is 0.275. The minimum atomic E-state index is -0.631. The van der Waals surface area contributed by atoms with Crippen LogP contribution in [0.2, 0.25) is 5.02 Å². The number of anilines is 2. The minimum Gasteiger partial charge on any atom is -0.495 e. The first-order valence-electron chi connectivity index (χ1n) is 16.4. The Balaban J connectivity index is 1.21. The summed E-state index contributed by atoms with van der Waals surface area (Å²) in [5.74, 6) is -1.83. The number of ether oxygens (including phenoxy) is 2. The first kappa shape index (κ1) is 33.6. The van der Waals surface area contributed by atoms with E-state index in [1.165, 1.54) is 53.6 Å². The van der Waals surface area contributed by atoms with Gasteiger partial charge in [0.2, 0.25) is 0 Å². The monoisotopic (exact) mass is 674 g/mol. The van der Waals surface area contributed by atoms with Gasteiger partial charge < -0.3 is 20.1 Å². The summed E-state index contributed by atoms with van der Waals surface area (Å²) >= 11 is 6.12. The molecule has 2 aliphatic heterocycles. The third-order valence-electron chi connectivity index (χ3n) is 9.58. The second-order valence-corrected chi connectivity index (χ2v) is 13.1. The van der Waals surface area contributed by atoms with Gasteiger partial charge in [-0.3, -0.25) is 24.2 Å². The van der Waals surface area contributed by atoms with Crippen LogP contribution in [0.4, 0.5) is 15.8 Å². The second kappa shape index (κ2) is 14.9. The topological polar surface area (TPSA) is 100 Å². The molecule has 0 aromatic heterocycles. The van der Waals surface area contributed by atoms with Crippen molar-refractivity contribution in [2.45, 2.75) is 32.1 Å². The molecule has 0 radical (unpaired) electrons. The van der Waals surface area contributed by atoms with Gasteiger partial charge in [-0.2, -0.15) is 0 Å². The first-order chi connectivity index (χ1) is 23.2. The van der Waals surface area contributed by atoms with Crippen molar-refractivity contribution in [3.63, 3.8) is 0 Å². The van der Waals surface area contributed by atoms with Gasteiger partial charge >= 0.3 is 0 Å². The molecule has 2 heterocycles. The van der Waals surface area contributed by atoms with Crippen LogP contribution in [-0.4, -0.2) is 80.6 Å². The molecule has 3 aromatic carbocycles. The van der Waals surface area contributed by atoms with Crippen molar-refractivity contribution in [2.24, 2.45) is 5.41 Å². The zero-order chi connectivity index (χ0) is 33.7. The number of benzene rings is 3. The molecule has 1 saturated carbocycles. The van der Waals surface area contributed by atoms with E-state index in [9.17, 15) is 18.8 Å².